The van der Waals surface area contributed by atoms with Crippen LogP contribution >= 0.6 is 0 Å². The van der Waals surface area contributed by atoms with Crippen molar-refractivity contribution in [3.05, 3.63) is 34.9 Å². The van der Waals surface area contributed by atoms with Crippen LogP contribution in [0.25, 0.3) is 0 Å². The predicted molar refractivity (Wildman–Crippen MR) is 73.9 cm³/mol. The van der Waals surface area contributed by atoms with Crippen LogP contribution in [0, 0.1) is 12.8 Å². The molecule has 0 amide bonds. The fourth-order valence-electron chi connectivity index (χ4n) is 2.91. The van der Waals surface area contributed by atoms with Crippen LogP contribution in [0.2, 0.25) is 0 Å². The van der Waals surface area contributed by atoms with Gasteiger partial charge in [0.05, 0.1) is 17.8 Å². The van der Waals surface area contributed by atoms with Crippen LogP contribution in [0.15, 0.2) is 18.2 Å². The fourth-order valence-corrected chi connectivity index (χ4v) is 2.91. The second kappa shape index (κ2) is 6.36. The molecule has 1 aliphatic carbocycles. The molecule has 1 saturated carbocycles. The molecule has 1 aliphatic rings. The van der Waals surface area contributed by atoms with Crippen molar-refractivity contribution in [2.75, 3.05) is 6.61 Å². The molecule has 0 spiro atoms. The second-order valence-corrected chi connectivity index (χ2v) is 5.74. The summed E-state index contributed by atoms with van der Waals surface area (Å²) in [4.78, 5) is 0. The Morgan fingerprint density at radius 1 is 1.33 bits per heavy atom. The molecule has 1 aromatic rings. The minimum atomic E-state index is -4.34. The quantitative estimate of drug-likeness (QED) is 0.881. The lowest BCUT2D eigenvalue weighted by atomic mass is 9.77. The third kappa shape index (κ3) is 3.98. The smallest absolute Gasteiger partial charge is 0.388 e. The third-order valence-corrected chi connectivity index (χ3v) is 4.11. The van der Waals surface area contributed by atoms with E-state index in [-0.39, 0.29) is 6.10 Å². The van der Waals surface area contributed by atoms with E-state index in [2.05, 4.69) is 0 Å². The molecule has 0 heterocycles. The van der Waals surface area contributed by atoms with Gasteiger partial charge in [0.1, 0.15) is 0 Å². The van der Waals surface area contributed by atoms with Crippen LogP contribution < -0.4 is 0 Å². The highest BCUT2D eigenvalue weighted by Gasteiger charge is 2.33. The van der Waals surface area contributed by atoms with Gasteiger partial charge in [0, 0.05) is 6.61 Å². The number of aliphatic hydroxyl groups is 1. The molecule has 118 valence electrons. The van der Waals surface area contributed by atoms with Gasteiger partial charge in [-0.15, -0.1) is 0 Å². The van der Waals surface area contributed by atoms with Gasteiger partial charge < -0.3 is 9.84 Å². The molecular weight excluding hydrogens is 281 g/mol. The molecule has 0 aliphatic heterocycles. The van der Waals surface area contributed by atoms with E-state index in [0.29, 0.717) is 30.1 Å². The molecule has 1 unspecified atom stereocenters. The minimum Gasteiger partial charge on any atom is -0.388 e. The van der Waals surface area contributed by atoms with Gasteiger partial charge in [-0.2, -0.15) is 13.2 Å². The Labute approximate surface area is 122 Å². The zero-order valence-corrected chi connectivity index (χ0v) is 12.3. The van der Waals surface area contributed by atoms with Crippen molar-refractivity contribution in [1.82, 2.24) is 0 Å². The number of aliphatic hydroxyl groups excluding tert-OH is 1. The molecule has 0 bridgehead atoms. The molecule has 2 nitrogen and oxygen atoms in total. The zero-order valence-electron chi connectivity index (χ0n) is 12.3. The summed E-state index contributed by atoms with van der Waals surface area (Å²) in [6.45, 7) is 4.25. The molecule has 2 rings (SSSR count). The first kappa shape index (κ1) is 16.3. The first-order valence-electron chi connectivity index (χ1n) is 7.28. The van der Waals surface area contributed by atoms with E-state index in [9.17, 15) is 18.3 Å². The van der Waals surface area contributed by atoms with Crippen molar-refractivity contribution < 1.29 is 23.0 Å². The summed E-state index contributed by atoms with van der Waals surface area (Å²) >= 11 is 0. The molecule has 5 heteroatoms. The lowest BCUT2D eigenvalue weighted by Gasteiger charge is -2.36. The van der Waals surface area contributed by atoms with Crippen molar-refractivity contribution in [1.29, 1.82) is 0 Å². The first-order chi connectivity index (χ1) is 9.81. The maximum Gasteiger partial charge on any atom is 0.416 e. The number of halogens is 3. The van der Waals surface area contributed by atoms with Crippen molar-refractivity contribution >= 4 is 0 Å². The van der Waals surface area contributed by atoms with Gasteiger partial charge in [-0.1, -0.05) is 6.07 Å². The number of aryl methyl sites for hydroxylation is 1. The summed E-state index contributed by atoms with van der Waals surface area (Å²) in [5.74, 6) is 0.387. The lowest BCUT2D eigenvalue weighted by molar-refractivity contribution is -0.137. The summed E-state index contributed by atoms with van der Waals surface area (Å²) in [5, 5.41) is 10.2. The molecule has 1 aromatic carbocycles. The van der Waals surface area contributed by atoms with Crippen LogP contribution in [0.4, 0.5) is 13.2 Å². The fraction of sp³-hybridized carbons (Fsp3) is 0.625. The van der Waals surface area contributed by atoms with Crippen LogP contribution in [-0.2, 0) is 10.9 Å². The SMILES string of the molecule is CCOC1CC(CC(O)c2ccc(C(F)(F)F)cc2C)C1. The Morgan fingerprint density at radius 3 is 2.52 bits per heavy atom. The molecule has 0 aromatic heterocycles. The standard InChI is InChI=1S/C16H21F3O2/c1-3-21-13-7-11(8-13)9-15(20)14-5-4-12(6-10(14)2)16(17,18)19/h4-6,11,13,15,20H,3,7-9H2,1-2H3. The number of hydrogen-bond acceptors (Lipinski definition) is 2. The first-order valence-corrected chi connectivity index (χ1v) is 7.28. The maximum atomic E-state index is 12.6. The summed E-state index contributed by atoms with van der Waals surface area (Å²) in [7, 11) is 0. The van der Waals surface area contributed by atoms with Gasteiger partial charge >= 0.3 is 6.18 Å². The molecule has 1 atom stereocenters. The van der Waals surface area contributed by atoms with Crippen LogP contribution in [0.5, 0.6) is 0 Å². The minimum absolute atomic E-state index is 0.279. The molecule has 1 N–H and O–H groups in total. The lowest BCUT2D eigenvalue weighted by Crippen LogP contribution is -2.32. The second-order valence-electron chi connectivity index (χ2n) is 5.74. The zero-order chi connectivity index (χ0) is 15.6. The molecular formula is C16H21F3O2. The maximum absolute atomic E-state index is 12.6. The normalized spacial score (nSPS) is 23.7. The van der Waals surface area contributed by atoms with E-state index in [1.165, 1.54) is 6.07 Å². The topological polar surface area (TPSA) is 29.5 Å². The summed E-state index contributed by atoms with van der Waals surface area (Å²) in [6.07, 6.45) is -2.35. The van der Waals surface area contributed by atoms with Gasteiger partial charge in [0.2, 0.25) is 0 Å². The molecule has 21 heavy (non-hydrogen) atoms. The largest absolute Gasteiger partial charge is 0.416 e. The van der Waals surface area contributed by atoms with Gasteiger partial charge in [0.15, 0.2) is 0 Å². The highest BCUT2D eigenvalue weighted by Crippen LogP contribution is 2.38. The number of hydrogen-bond donors (Lipinski definition) is 1. The van der Waals surface area contributed by atoms with Crippen LogP contribution in [0.3, 0.4) is 0 Å². The predicted octanol–water partition coefficient (Wildman–Crippen LogP) is 4.25. The summed E-state index contributed by atoms with van der Waals surface area (Å²) < 4.78 is 43.3. The monoisotopic (exact) mass is 302 g/mol. The number of ether oxygens (including phenoxy) is 1. The van der Waals surface area contributed by atoms with Gasteiger partial charge in [-0.3, -0.25) is 0 Å². The van der Waals surface area contributed by atoms with E-state index in [1.54, 1.807) is 6.92 Å². The van der Waals surface area contributed by atoms with E-state index >= 15 is 0 Å². The van der Waals surface area contributed by atoms with Crippen molar-refractivity contribution in [3.63, 3.8) is 0 Å². The number of benzene rings is 1. The van der Waals surface area contributed by atoms with E-state index in [0.717, 1.165) is 25.0 Å². The van der Waals surface area contributed by atoms with Crippen molar-refractivity contribution in [2.24, 2.45) is 5.92 Å². The van der Waals surface area contributed by atoms with Gasteiger partial charge in [-0.25, -0.2) is 0 Å². The molecule has 0 radical (unpaired) electrons. The Hall–Kier alpha value is -1.07. The molecule has 1 fully saturated rings. The number of alkyl halides is 3. The molecule has 0 saturated heterocycles. The van der Waals surface area contributed by atoms with Crippen molar-refractivity contribution in [3.8, 4) is 0 Å². The van der Waals surface area contributed by atoms with Crippen LogP contribution in [0.1, 0.15) is 49.0 Å². The summed E-state index contributed by atoms with van der Waals surface area (Å²) in [6, 6.07) is 3.53. The third-order valence-electron chi connectivity index (χ3n) is 4.11. The highest BCUT2D eigenvalue weighted by atomic mass is 19.4. The van der Waals surface area contributed by atoms with E-state index in [4.69, 9.17) is 4.74 Å². The van der Waals surface area contributed by atoms with E-state index < -0.39 is 17.8 Å². The van der Waals surface area contributed by atoms with Gasteiger partial charge in [-0.05, 0) is 62.3 Å². The van der Waals surface area contributed by atoms with Crippen molar-refractivity contribution in [2.45, 2.75) is 51.5 Å². The Kier molecular flexibility index (Phi) is 4.94. The van der Waals surface area contributed by atoms with E-state index in [1.807, 2.05) is 6.92 Å². The Bertz CT molecular complexity index is 479. The van der Waals surface area contributed by atoms with Crippen LogP contribution in [-0.4, -0.2) is 17.8 Å². The highest BCUT2D eigenvalue weighted by molar-refractivity contribution is 5.34. The average Bonchev–Trinajstić information content (AvgIpc) is 2.34. The number of rotatable bonds is 5. The Morgan fingerprint density at radius 2 is 2.00 bits per heavy atom. The average molecular weight is 302 g/mol. The summed E-state index contributed by atoms with van der Waals surface area (Å²) in [5.41, 5.74) is 0.400. The Balaban J connectivity index is 1.96. The van der Waals surface area contributed by atoms with Gasteiger partial charge in [0.25, 0.3) is 0 Å².